The van der Waals surface area contributed by atoms with Crippen LogP contribution in [0.15, 0.2) is 72.0 Å². The first kappa shape index (κ1) is 20.2. The molecule has 2 amide bonds. The van der Waals surface area contributed by atoms with E-state index in [0.717, 1.165) is 16.7 Å². The normalized spacial score (nSPS) is 11.0. The number of aromatic nitrogens is 4. The minimum absolute atomic E-state index is 0.317. The van der Waals surface area contributed by atoms with Crippen molar-refractivity contribution in [3.63, 3.8) is 0 Å². The zero-order chi connectivity index (χ0) is 22.9. The zero-order valence-electron chi connectivity index (χ0n) is 17.4. The third-order valence-corrected chi connectivity index (χ3v) is 5.03. The monoisotopic (exact) mass is 443 g/mol. The molecule has 5 rings (SSSR count). The summed E-state index contributed by atoms with van der Waals surface area (Å²) < 4.78 is 20.7. The van der Waals surface area contributed by atoms with Crippen LogP contribution < -0.4 is 16.4 Å². The van der Waals surface area contributed by atoms with Crippen molar-refractivity contribution in [2.75, 3.05) is 16.4 Å². The lowest BCUT2D eigenvalue weighted by Crippen LogP contribution is -2.19. The number of benzene rings is 2. The summed E-state index contributed by atoms with van der Waals surface area (Å²) in [7, 11) is 0. The average Bonchev–Trinajstić information content (AvgIpc) is 3.42. The summed E-state index contributed by atoms with van der Waals surface area (Å²) in [4.78, 5) is 20.4. The molecule has 9 nitrogen and oxygen atoms in total. The number of anilines is 3. The number of fused-ring (bicyclic) bond motifs is 1. The van der Waals surface area contributed by atoms with Crippen LogP contribution >= 0.6 is 0 Å². The van der Waals surface area contributed by atoms with Crippen molar-refractivity contribution in [2.45, 2.75) is 6.92 Å². The molecule has 0 aliphatic rings. The van der Waals surface area contributed by atoms with Gasteiger partial charge in [-0.3, -0.25) is 0 Å². The number of nitrogens with zero attached hydrogens (tertiary/aromatic N) is 4. The predicted octanol–water partition coefficient (Wildman–Crippen LogP) is 4.73. The summed E-state index contributed by atoms with van der Waals surface area (Å²) in [6.45, 7) is 1.75. The second-order valence-corrected chi connectivity index (χ2v) is 7.40. The van der Waals surface area contributed by atoms with Crippen LogP contribution in [0.4, 0.5) is 26.4 Å². The maximum absolute atomic E-state index is 13.6. The van der Waals surface area contributed by atoms with Crippen molar-refractivity contribution in [3.8, 4) is 22.5 Å². The number of carbonyl (C=O) groups is 1. The van der Waals surface area contributed by atoms with Crippen LogP contribution in [-0.2, 0) is 0 Å². The fourth-order valence-corrected chi connectivity index (χ4v) is 3.68. The van der Waals surface area contributed by atoms with Gasteiger partial charge in [0.1, 0.15) is 17.7 Å². The first-order valence-electron chi connectivity index (χ1n) is 9.94. The molecule has 3 heterocycles. The fourth-order valence-electron chi connectivity index (χ4n) is 3.68. The van der Waals surface area contributed by atoms with Crippen molar-refractivity contribution >= 4 is 28.7 Å². The van der Waals surface area contributed by atoms with Gasteiger partial charge in [0.2, 0.25) is 0 Å². The number of amides is 2. The molecule has 0 saturated heterocycles. The molecule has 0 bridgehead atoms. The summed E-state index contributed by atoms with van der Waals surface area (Å²) >= 11 is 0. The van der Waals surface area contributed by atoms with E-state index in [0.29, 0.717) is 34.0 Å². The topological polar surface area (TPSA) is 123 Å². The Labute approximate surface area is 187 Å². The highest BCUT2D eigenvalue weighted by atomic mass is 19.1. The van der Waals surface area contributed by atoms with E-state index in [1.54, 1.807) is 42.0 Å². The number of hydrogen-bond acceptors (Lipinski definition) is 6. The molecule has 33 heavy (non-hydrogen) atoms. The van der Waals surface area contributed by atoms with Gasteiger partial charge in [0.05, 0.1) is 6.20 Å². The molecule has 164 valence electrons. The van der Waals surface area contributed by atoms with Crippen molar-refractivity contribution in [2.24, 2.45) is 0 Å². The minimum atomic E-state index is -0.484. The van der Waals surface area contributed by atoms with Gasteiger partial charge in [-0.15, -0.1) is 0 Å². The molecule has 0 atom stereocenters. The van der Waals surface area contributed by atoms with E-state index < -0.39 is 11.8 Å². The van der Waals surface area contributed by atoms with Gasteiger partial charge in [-0.1, -0.05) is 12.1 Å². The number of halogens is 1. The third kappa shape index (κ3) is 3.97. The van der Waals surface area contributed by atoms with Crippen molar-refractivity contribution in [3.05, 3.63) is 79.0 Å². The summed E-state index contributed by atoms with van der Waals surface area (Å²) in [6, 6.07) is 11.0. The Hall–Kier alpha value is -4.73. The first-order chi connectivity index (χ1) is 16.0. The Balaban J connectivity index is 1.44. The minimum Gasteiger partial charge on any atom is -0.443 e. The van der Waals surface area contributed by atoms with Gasteiger partial charge in [-0.2, -0.15) is 5.10 Å². The van der Waals surface area contributed by atoms with Gasteiger partial charge in [0, 0.05) is 28.7 Å². The highest BCUT2D eigenvalue weighted by Gasteiger charge is 2.20. The zero-order valence-corrected chi connectivity index (χ0v) is 17.4. The van der Waals surface area contributed by atoms with Gasteiger partial charge in [-0.05, 0) is 48.4 Å². The SMILES string of the molecule is Cc1cc(F)cc(NC(=O)Nc2ccc(-c3c(-c4cnco4)cn4ncnc(N)c34)cc2)c1. The van der Waals surface area contributed by atoms with Crippen molar-refractivity contribution in [1.82, 2.24) is 19.6 Å². The van der Waals surface area contributed by atoms with E-state index >= 15 is 0 Å². The van der Waals surface area contributed by atoms with Crippen molar-refractivity contribution < 1.29 is 13.6 Å². The molecule has 0 unspecified atom stereocenters. The van der Waals surface area contributed by atoms with Crippen LogP contribution in [0.1, 0.15) is 5.56 Å². The molecule has 0 radical (unpaired) electrons. The molecular formula is C23H18FN7O2. The lowest BCUT2D eigenvalue weighted by molar-refractivity contribution is 0.262. The van der Waals surface area contributed by atoms with Crippen LogP contribution in [0.5, 0.6) is 0 Å². The van der Waals surface area contributed by atoms with Crippen LogP contribution in [0.3, 0.4) is 0 Å². The van der Waals surface area contributed by atoms with Gasteiger partial charge >= 0.3 is 6.03 Å². The van der Waals surface area contributed by atoms with E-state index in [2.05, 4.69) is 25.7 Å². The number of nitrogens with two attached hydrogens (primary N) is 1. The maximum Gasteiger partial charge on any atom is 0.323 e. The molecule has 0 fully saturated rings. The Morgan fingerprint density at radius 2 is 1.91 bits per heavy atom. The Morgan fingerprint density at radius 1 is 1.12 bits per heavy atom. The largest absolute Gasteiger partial charge is 0.443 e. The third-order valence-electron chi connectivity index (χ3n) is 5.03. The molecule has 0 aliphatic heterocycles. The summed E-state index contributed by atoms with van der Waals surface area (Å²) in [5.41, 5.74) is 10.7. The fraction of sp³-hybridized carbons (Fsp3) is 0.0435. The number of oxazole rings is 1. The number of nitrogens with one attached hydrogen (secondary N) is 2. The molecular weight excluding hydrogens is 425 g/mol. The van der Waals surface area contributed by atoms with Crippen molar-refractivity contribution in [1.29, 1.82) is 0 Å². The first-order valence-corrected chi connectivity index (χ1v) is 9.94. The van der Waals surface area contributed by atoms with E-state index in [-0.39, 0.29) is 0 Å². The average molecular weight is 443 g/mol. The Morgan fingerprint density at radius 3 is 2.64 bits per heavy atom. The molecule has 0 aliphatic carbocycles. The molecule has 3 aromatic heterocycles. The Bertz CT molecular complexity index is 1440. The lowest BCUT2D eigenvalue weighted by atomic mass is 10.0. The highest BCUT2D eigenvalue weighted by Crippen LogP contribution is 2.38. The standard InChI is InChI=1S/C23H18FN7O2/c1-13-6-15(24)8-17(7-13)30-23(32)29-16-4-2-14(3-5-16)20-18(19-9-26-12-33-19)10-31-21(20)22(25)27-11-28-31/h2-12H,1H3,(H2,25,27,28)(H2,29,30,32). The van der Waals surface area contributed by atoms with Gasteiger partial charge < -0.3 is 20.8 Å². The molecule has 10 heteroatoms. The molecule has 0 spiro atoms. The van der Waals surface area contributed by atoms with Crippen LogP contribution in [-0.4, -0.2) is 25.6 Å². The lowest BCUT2D eigenvalue weighted by Gasteiger charge is -2.10. The van der Waals surface area contributed by atoms with Crippen LogP contribution in [0.2, 0.25) is 0 Å². The predicted molar refractivity (Wildman–Crippen MR) is 122 cm³/mol. The van der Waals surface area contributed by atoms with Gasteiger partial charge in [-0.25, -0.2) is 23.7 Å². The number of aryl methyl sites for hydroxylation is 1. The van der Waals surface area contributed by atoms with E-state index in [9.17, 15) is 9.18 Å². The van der Waals surface area contributed by atoms with E-state index in [1.807, 2.05) is 12.1 Å². The Kier molecular flexibility index (Phi) is 4.94. The number of carbonyl (C=O) groups excluding carboxylic acids is 1. The number of urea groups is 1. The summed E-state index contributed by atoms with van der Waals surface area (Å²) in [6.07, 6.45) is 6.13. The quantitative estimate of drug-likeness (QED) is 0.369. The molecule has 5 aromatic rings. The smallest absolute Gasteiger partial charge is 0.323 e. The maximum atomic E-state index is 13.6. The molecule has 4 N–H and O–H groups in total. The second kappa shape index (κ2) is 8.08. The molecule has 2 aromatic carbocycles. The van der Waals surface area contributed by atoms with Crippen LogP contribution in [0.25, 0.3) is 28.0 Å². The second-order valence-electron chi connectivity index (χ2n) is 7.40. The summed E-state index contributed by atoms with van der Waals surface area (Å²) in [5, 5.41) is 9.60. The summed E-state index contributed by atoms with van der Waals surface area (Å²) in [5.74, 6) is 0.458. The van der Waals surface area contributed by atoms with Crippen LogP contribution in [0, 0.1) is 12.7 Å². The van der Waals surface area contributed by atoms with E-state index in [4.69, 9.17) is 10.2 Å². The molecule has 0 saturated carbocycles. The number of rotatable bonds is 4. The number of nitrogen functional groups attached to an aromatic ring is 1. The van der Waals surface area contributed by atoms with Gasteiger partial charge in [0.25, 0.3) is 0 Å². The number of hydrogen-bond donors (Lipinski definition) is 3. The highest BCUT2D eigenvalue weighted by molar-refractivity contribution is 6.01. The van der Waals surface area contributed by atoms with Gasteiger partial charge in [0.15, 0.2) is 18.0 Å². The van der Waals surface area contributed by atoms with E-state index in [1.165, 1.54) is 24.9 Å².